The highest BCUT2D eigenvalue weighted by Crippen LogP contribution is 2.12. The molecule has 1 N–H and O–H groups in total. The van der Waals surface area contributed by atoms with Crippen LogP contribution in [-0.4, -0.2) is 22.7 Å². The fraction of sp³-hybridized carbons (Fsp3) is 1.00. The van der Waals surface area contributed by atoms with Crippen LogP contribution in [0.15, 0.2) is 0 Å². The van der Waals surface area contributed by atoms with Gasteiger partial charge in [0, 0.05) is 6.61 Å². The van der Waals surface area contributed by atoms with Crippen LogP contribution in [0.5, 0.6) is 0 Å². The number of hydrogen-bond acceptors (Lipinski definition) is 1. The van der Waals surface area contributed by atoms with Crippen molar-refractivity contribution in [3.63, 3.8) is 0 Å². The molecule has 2 heteroatoms. The van der Waals surface area contributed by atoms with Crippen molar-refractivity contribution >= 4 is 11.0 Å². The number of unbranched alkanes of at least 4 members (excludes halogenated alkanes) is 13. The van der Waals surface area contributed by atoms with E-state index in [9.17, 15) is 0 Å². The van der Waals surface area contributed by atoms with Crippen molar-refractivity contribution in [1.29, 1.82) is 0 Å². The minimum atomic E-state index is 0. The molecule has 0 amide bonds. The average molecular weight is 275 g/mol. The molecule has 0 spiro atoms. The predicted octanol–water partition coefficient (Wildman–Crippen LogP) is 4.01. The van der Waals surface area contributed by atoms with E-state index in [1.165, 1.54) is 83.5 Å². The van der Waals surface area contributed by atoms with E-state index in [0.717, 1.165) is 6.42 Å². The van der Waals surface area contributed by atoms with Gasteiger partial charge in [0.2, 0.25) is 0 Å². The molecule has 0 aliphatic carbocycles. The lowest BCUT2D eigenvalue weighted by Gasteiger charge is -2.02. The minimum Gasteiger partial charge on any atom is -0.396 e. The zero-order valence-electron chi connectivity index (χ0n) is 12.1. The highest BCUT2D eigenvalue weighted by molar-refractivity contribution is 5.75. The Bertz CT molecular complexity index is 114. The molecule has 0 saturated heterocycles. The lowest BCUT2D eigenvalue weighted by atomic mass is 10.0. The van der Waals surface area contributed by atoms with Gasteiger partial charge in [0.25, 0.3) is 0 Å². The van der Waals surface area contributed by atoms with Gasteiger partial charge in [0.15, 0.2) is 0 Å². The molecular formula is C16H38OSi. The first-order valence-electron chi connectivity index (χ1n) is 8.02. The predicted molar refractivity (Wildman–Crippen MR) is 88.7 cm³/mol. The molecule has 0 unspecified atom stereocenters. The number of aliphatic hydroxyl groups excluding tert-OH is 1. The quantitative estimate of drug-likeness (QED) is 0.375. The lowest BCUT2D eigenvalue weighted by Crippen LogP contribution is -1.84. The number of hydrogen-bond donors (Lipinski definition) is 1. The molecule has 0 rings (SSSR count). The largest absolute Gasteiger partial charge is 0.396 e. The normalized spacial score (nSPS) is 10.3. The second-order valence-electron chi connectivity index (χ2n) is 5.32. The molecule has 18 heavy (non-hydrogen) atoms. The first-order valence-corrected chi connectivity index (χ1v) is 8.02. The van der Waals surface area contributed by atoms with Gasteiger partial charge in [0.1, 0.15) is 0 Å². The van der Waals surface area contributed by atoms with Crippen LogP contribution in [0.25, 0.3) is 0 Å². The standard InChI is InChI=1S/C16H34O.H4Si/c1-2-3-4-5-6-7-8-9-10-11-12-13-14-15-16-17;/h17H,2-16H2,1H3;1H4. The summed E-state index contributed by atoms with van der Waals surface area (Å²) in [5.74, 6) is 0. The van der Waals surface area contributed by atoms with Crippen molar-refractivity contribution in [2.45, 2.75) is 96.8 Å². The van der Waals surface area contributed by atoms with Crippen molar-refractivity contribution in [1.82, 2.24) is 0 Å². The van der Waals surface area contributed by atoms with Crippen molar-refractivity contribution < 1.29 is 5.11 Å². The summed E-state index contributed by atoms with van der Waals surface area (Å²) in [6, 6.07) is 0. The first kappa shape index (κ1) is 20.5. The third-order valence-electron chi connectivity index (χ3n) is 3.51. The Balaban J connectivity index is 0. The second-order valence-corrected chi connectivity index (χ2v) is 5.32. The van der Waals surface area contributed by atoms with Gasteiger partial charge >= 0.3 is 0 Å². The van der Waals surface area contributed by atoms with Gasteiger partial charge in [-0.25, -0.2) is 0 Å². The highest BCUT2D eigenvalue weighted by atomic mass is 28.1. The van der Waals surface area contributed by atoms with Gasteiger partial charge in [-0.05, 0) is 17.4 Å². The summed E-state index contributed by atoms with van der Waals surface area (Å²) < 4.78 is 0. The third-order valence-corrected chi connectivity index (χ3v) is 3.51. The smallest absolute Gasteiger partial charge is 0.0431 e. The third kappa shape index (κ3) is 18.5. The summed E-state index contributed by atoms with van der Waals surface area (Å²) in [6.45, 7) is 2.65. The fourth-order valence-electron chi connectivity index (χ4n) is 2.31. The Kier molecular flexibility index (Phi) is 22.2. The molecule has 0 aliphatic heterocycles. The van der Waals surface area contributed by atoms with Crippen LogP contribution in [-0.2, 0) is 0 Å². The molecule has 1 nitrogen and oxygen atoms in total. The topological polar surface area (TPSA) is 20.2 Å². The van der Waals surface area contributed by atoms with Gasteiger partial charge in [-0.3, -0.25) is 0 Å². The van der Waals surface area contributed by atoms with E-state index < -0.39 is 0 Å². The van der Waals surface area contributed by atoms with Gasteiger partial charge in [-0.2, -0.15) is 0 Å². The molecule has 0 heterocycles. The maximum Gasteiger partial charge on any atom is 0.0431 e. The average Bonchev–Trinajstić information content (AvgIpc) is 2.35. The molecule has 0 aromatic heterocycles. The molecule has 112 valence electrons. The maximum absolute atomic E-state index is 8.64. The number of rotatable bonds is 14. The van der Waals surface area contributed by atoms with E-state index in [0.29, 0.717) is 6.61 Å². The van der Waals surface area contributed by atoms with Crippen LogP contribution in [0.1, 0.15) is 96.8 Å². The van der Waals surface area contributed by atoms with Gasteiger partial charge in [-0.1, -0.05) is 90.4 Å². The van der Waals surface area contributed by atoms with Crippen LogP contribution in [0, 0.1) is 0 Å². The Morgan fingerprint density at radius 3 is 1.06 bits per heavy atom. The molecule has 0 aliphatic rings. The summed E-state index contributed by atoms with van der Waals surface area (Å²) in [5, 5.41) is 8.64. The maximum atomic E-state index is 8.64. The Morgan fingerprint density at radius 1 is 0.500 bits per heavy atom. The van der Waals surface area contributed by atoms with E-state index in [1.807, 2.05) is 0 Å². The summed E-state index contributed by atoms with van der Waals surface area (Å²) in [6.07, 6.45) is 19.2. The van der Waals surface area contributed by atoms with Crippen LogP contribution in [0.2, 0.25) is 0 Å². The Morgan fingerprint density at radius 2 is 0.778 bits per heavy atom. The van der Waals surface area contributed by atoms with Crippen LogP contribution in [0.4, 0.5) is 0 Å². The van der Waals surface area contributed by atoms with Crippen molar-refractivity contribution in [2.24, 2.45) is 0 Å². The van der Waals surface area contributed by atoms with Gasteiger partial charge in [0.05, 0.1) is 0 Å². The van der Waals surface area contributed by atoms with E-state index in [1.54, 1.807) is 0 Å². The fourth-order valence-corrected chi connectivity index (χ4v) is 2.31. The molecular weight excluding hydrogens is 236 g/mol. The minimum absolute atomic E-state index is 0. The van der Waals surface area contributed by atoms with E-state index >= 15 is 0 Å². The zero-order valence-corrected chi connectivity index (χ0v) is 12.1. The molecule has 0 aromatic rings. The van der Waals surface area contributed by atoms with E-state index in [-0.39, 0.29) is 11.0 Å². The van der Waals surface area contributed by atoms with Crippen LogP contribution >= 0.6 is 0 Å². The summed E-state index contributed by atoms with van der Waals surface area (Å²) in [5.41, 5.74) is 0. The number of aliphatic hydroxyl groups is 1. The highest BCUT2D eigenvalue weighted by Gasteiger charge is 1.93. The Hall–Kier alpha value is 0.177. The molecule has 0 aromatic carbocycles. The summed E-state index contributed by atoms with van der Waals surface area (Å²) in [4.78, 5) is 0. The molecule has 0 atom stereocenters. The second kappa shape index (κ2) is 19.5. The summed E-state index contributed by atoms with van der Waals surface area (Å²) in [7, 11) is 0. The monoisotopic (exact) mass is 274 g/mol. The molecule has 0 fully saturated rings. The van der Waals surface area contributed by atoms with Crippen molar-refractivity contribution in [3.05, 3.63) is 0 Å². The zero-order chi connectivity index (χ0) is 12.6. The van der Waals surface area contributed by atoms with E-state index in [4.69, 9.17) is 5.11 Å². The molecule has 0 bridgehead atoms. The van der Waals surface area contributed by atoms with E-state index in [2.05, 4.69) is 6.92 Å². The first-order chi connectivity index (χ1) is 8.41. The van der Waals surface area contributed by atoms with Crippen molar-refractivity contribution in [3.8, 4) is 0 Å². The summed E-state index contributed by atoms with van der Waals surface area (Å²) >= 11 is 0. The molecule has 0 radical (unpaired) electrons. The lowest BCUT2D eigenvalue weighted by molar-refractivity contribution is 0.282. The SMILES string of the molecule is CCCCCCCCCCCCCCCCO.[SiH4]. The van der Waals surface area contributed by atoms with Crippen LogP contribution < -0.4 is 0 Å². The van der Waals surface area contributed by atoms with Gasteiger partial charge < -0.3 is 5.11 Å². The van der Waals surface area contributed by atoms with Gasteiger partial charge in [-0.15, -0.1) is 0 Å². The Labute approximate surface area is 120 Å². The van der Waals surface area contributed by atoms with Crippen molar-refractivity contribution in [2.75, 3.05) is 6.61 Å². The van der Waals surface area contributed by atoms with Crippen LogP contribution in [0.3, 0.4) is 0 Å². The molecule has 0 saturated carbocycles.